The van der Waals surface area contributed by atoms with Crippen LogP contribution in [0.1, 0.15) is 28.2 Å². The van der Waals surface area contributed by atoms with Crippen LogP contribution in [-0.4, -0.2) is 34.7 Å². The zero-order valence-electron chi connectivity index (χ0n) is 13.6. The van der Waals surface area contributed by atoms with E-state index in [-0.39, 0.29) is 9.77 Å². The molecule has 0 spiro atoms. The van der Waals surface area contributed by atoms with Crippen molar-refractivity contribution in [1.29, 1.82) is 0 Å². The molecule has 2 aromatic rings. The zero-order chi connectivity index (χ0) is 18.0. The highest BCUT2D eigenvalue weighted by molar-refractivity contribution is 7.89. The van der Waals surface area contributed by atoms with E-state index in [9.17, 15) is 13.2 Å². The molecule has 1 N–H and O–H groups in total. The molecule has 0 fully saturated rings. The number of hydrogen-bond acceptors (Lipinski definition) is 7. The van der Waals surface area contributed by atoms with Crippen LogP contribution in [0.3, 0.4) is 0 Å². The standard InChI is InChI=1S/C16H17NO6S2/c1-10(11-3-4-12-13(9-11)23-7-6-22-12)17-25(19,20)14-5-8-24-15(14)16(18)21-2/h3-5,8-10,17H,6-7H2,1-2H3. The second-order valence-corrected chi connectivity index (χ2v) is 7.95. The Balaban J connectivity index is 1.84. The van der Waals surface area contributed by atoms with Gasteiger partial charge in [-0.1, -0.05) is 6.07 Å². The predicted molar refractivity (Wildman–Crippen MR) is 91.8 cm³/mol. The van der Waals surface area contributed by atoms with Crippen molar-refractivity contribution in [2.24, 2.45) is 0 Å². The molecule has 1 aliphatic rings. The first kappa shape index (κ1) is 17.7. The van der Waals surface area contributed by atoms with E-state index in [4.69, 9.17) is 9.47 Å². The second-order valence-electron chi connectivity index (χ2n) is 5.35. The summed E-state index contributed by atoms with van der Waals surface area (Å²) in [4.78, 5) is 11.7. The topological polar surface area (TPSA) is 90.9 Å². The minimum Gasteiger partial charge on any atom is -0.486 e. The highest BCUT2D eigenvalue weighted by atomic mass is 32.2. The third kappa shape index (κ3) is 3.63. The number of rotatable bonds is 5. The summed E-state index contributed by atoms with van der Waals surface area (Å²) in [5.74, 6) is 0.541. The normalized spacial score (nSPS) is 14.8. The van der Waals surface area contributed by atoms with Crippen LogP contribution < -0.4 is 14.2 Å². The van der Waals surface area contributed by atoms with E-state index in [0.717, 1.165) is 16.9 Å². The van der Waals surface area contributed by atoms with Crippen molar-refractivity contribution in [2.75, 3.05) is 20.3 Å². The Morgan fingerprint density at radius 1 is 1.24 bits per heavy atom. The number of nitrogens with one attached hydrogen (secondary N) is 1. The molecule has 0 amide bonds. The monoisotopic (exact) mass is 383 g/mol. The highest BCUT2D eigenvalue weighted by Gasteiger charge is 2.27. The summed E-state index contributed by atoms with van der Waals surface area (Å²) in [5, 5.41) is 1.54. The van der Waals surface area contributed by atoms with Gasteiger partial charge in [-0.05, 0) is 36.1 Å². The van der Waals surface area contributed by atoms with Gasteiger partial charge in [-0.3, -0.25) is 0 Å². The van der Waals surface area contributed by atoms with Crippen molar-refractivity contribution in [3.05, 3.63) is 40.1 Å². The molecule has 1 aromatic carbocycles. The first-order valence-electron chi connectivity index (χ1n) is 7.50. The Morgan fingerprint density at radius 2 is 1.96 bits per heavy atom. The Hall–Kier alpha value is -2.10. The summed E-state index contributed by atoms with van der Waals surface area (Å²) in [5.41, 5.74) is 0.725. The minimum atomic E-state index is -3.88. The lowest BCUT2D eigenvalue weighted by molar-refractivity contribution is 0.0602. The maximum Gasteiger partial charge on any atom is 0.349 e. The third-order valence-corrected chi connectivity index (χ3v) is 6.29. The van der Waals surface area contributed by atoms with E-state index >= 15 is 0 Å². The molecule has 0 saturated heterocycles. The van der Waals surface area contributed by atoms with Crippen LogP contribution in [0.25, 0.3) is 0 Å². The van der Waals surface area contributed by atoms with Crippen LogP contribution in [-0.2, 0) is 14.8 Å². The molecule has 9 heteroatoms. The smallest absolute Gasteiger partial charge is 0.349 e. The number of ether oxygens (including phenoxy) is 3. The van der Waals surface area contributed by atoms with Gasteiger partial charge >= 0.3 is 5.97 Å². The molecule has 0 bridgehead atoms. The molecule has 1 aliphatic heterocycles. The number of hydrogen-bond donors (Lipinski definition) is 1. The van der Waals surface area contributed by atoms with E-state index in [0.29, 0.717) is 24.7 Å². The van der Waals surface area contributed by atoms with Gasteiger partial charge in [-0.15, -0.1) is 11.3 Å². The molecule has 134 valence electrons. The quantitative estimate of drug-likeness (QED) is 0.797. The lowest BCUT2D eigenvalue weighted by Gasteiger charge is -2.21. The molecule has 0 aliphatic carbocycles. The largest absolute Gasteiger partial charge is 0.486 e. The van der Waals surface area contributed by atoms with Gasteiger partial charge in [0.15, 0.2) is 11.5 Å². The summed E-state index contributed by atoms with van der Waals surface area (Å²) < 4.78 is 43.5. The number of methoxy groups -OCH3 is 1. The Bertz CT molecular complexity index is 890. The number of esters is 1. The van der Waals surface area contributed by atoms with Crippen molar-refractivity contribution in [3.63, 3.8) is 0 Å². The molecule has 0 saturated carbocycles. The van der Waals surface area contributed by atoms with Crippen LogP contribution in [0.5, 0.6) is 11.5 Å². The maximum absolute atomic E-state index is 12.6. The van der Waals surface area contributed by atoms with Gasteiger partial charge in [0.1, 0.15) is 23.0 Å². The fraction of sp³-hybridized carbons (Fsp3) is 0.312. The van der Waals surface area contributed by atoms with Crippen LogP contribution in [0.15, 0.2) is 34.5 Å². The van der Waals surface area contributed by atoms with Crippen molar-refractivity contribution < 1.29 is 27.4 Å². The fourth-order valence-electron chi connectivity index (χ4n) is 2.44. The molecule has 0 radical (unpaired) electrons. The Labute approximate surface area is 149 Å². The Morgan fingerprint density at radius 3 is 2.68 bits per heavy atom. The molecular formula is C16H17NO6S2. The van der Waals surface area contributed by atoms with Gasteiger partial charge in [0.25, 0.3) is 0 Å². The molecule has 25 heavy (non-hydrogen) atoms. The SMILES string of the molecule is COC(=O)c1sccc1S(=O)(=O)NC(C)c1ccc2c(c1)OCCO2. The van der Waals surface area contributed by atoms with Gasteiger partial charge < -0.3 is 14.2 Å². The van der Waals surface area contributed by atoms with Gasteiger partial charge in [-0.25, -0.2) is 17.9 Å². The van der Waals surface area contributed by atoms with Crippen LogP contribution in [0.2, 0.25) is 0 Å². The van der Waals surface area contributed by atoms with Crippen LogP contribution in [0.4, 0.5) is 0 Å². The van der Waals surface area contributed by atoms with Gasteiger partial charge in [0.05, 0.1) is 7.11 Å². The lowest BCUT2D eigenvalue weighted by Crippen LogP contribution is -2.28. The van der Waals surface area contributed by atoms with E-state index in [1.165, 1.54) is 18.6 Å². The first-order valence-corrected chi connectivity index (χ1v) is 9.86. The van der Waals surface area contributed by atoms with E-state index in [2.05, 4.69) is 9.46 Å². The van der Waals surface area contributed by atoms with E-state index in [1.807, 2.05) is 0 Å². The molecule has 1 atom stereocenters. The fourth-order valence-corrected chi connectivity index (χ4v) is 5.01. The third-order valence-electron chi connectivity index (χ3n) is 3.69. The average molecular weight is 383 g/mol. The molecule has 1 unspecified atom stereocenters. The maximum atomic E-state index is 12.6. The van der Waals surface area contributed by atoms with Crippen molar-refractivity contribution in [1.82, 2.24) is 4.72 Å². The number of benzene rings is 1. The summed E-state index contributed by atoms with van der Waals surface area (Å²) in [6, 6.07) is 6.13. The van der Waals surface area contributed by atoms with Crippen molar-refractivity contribution in [2.45, 2.75) is 17.9 Å². The minimum absolute atomic E-state index is 0.0457. The molecule has 7 nitrogen and oxygen atoms in total. The second kappa shape index (κ2) is 7.03. The highest BCUT2D eigenvalue weighted by Crippen LogP contribution is 2.33. The van der Waals surface area contributed by atoms with Crippen molar-refractivity contribution in [3.8, 4) is 11.5 Å². The van der Waals surface area contributed by atoms with Gasteiger partial charge in [0.2, 0.25) is 10.0 Å². The summed E-state index contributed by atoms with van der Waals surface area (Å²) in [6.45, 7) is 2.66. The molecule has 2 heterocycles. The van der Waals surface area contributed by atoms with Crippen molar-refractivity contribution >= 4 is 27.3 Å². The van der Waals surface area contributed by atoms with Gasteiger partial charge in [0, 0.05) is 6.04 Å². The molecule has 3 rings (SSSR count). The number of fused-ring (bicyclic) bond motifs is 1. The average Bonchev–Trinajstić information content (AvgIpc) is 3.11. The van der Waals surface area contributed by atoms with E-state index < -0.39 is 22.0 Å². The predicted octanol–water partition coefficient (Wildman–Crippen LogP) is 2.35. The number of carbonyl (C=O) groups is 1. The summed E-state index contributed by atoms with van der Waals surface area (Å²) in [6.07, 6.45) is 0. The van der Waals surface area contributed by atoms with Crippen LogP contribution >= 0.6 is 11.3 Å². The molecular weight excluding hydrogens is 366 g/mol. The molecule has 1 aromatic heterocycles. The Kier molecular flexibility index (Phi) is 4.98. The summed E-state index contributed by atoms with van der Waals surface area (Å²) >= 11 is 1.02. The number of carbonyl (C=O) groups excluding carboxylic acids is 1. The van der Waals surface area contributed by atoms with Crippen LogP contribution in [0, 0.1) is 0 Å². The number of sulfonamides is 1. The van der Waals surface area contributed by atoms with E-state index in [1.54, 1.807) is 25.1 Å². The zero-order valence-corrected chi connectivity index (χ0v) is 15.3. The number of thiophene rings is 1. The van der Waals surface area contributed by atoms with Gasteiger partial charge in [-0.2, -0.15) is 0 Å². The first-order chi connectivity index (χ1) is 11.9. The summed E-state index contributed by atoms with van der Waals surface area (Å²) in [7, 11) is -2.67. The lowest BCUT2D eigenvalue weighted by atomic mass is 10.1.